The van der Waals surface area contributed by atoms with Crippen LogP contribution in [0.15, 0.2) is 10.5 Å². The van der Waals surface area contributed by atoms with Crippen LogP contribution in [-0.2, 0) is 6.42 Å². The van der Waals surface area contributed by atoms with E-state index in [0.717, 1.165) is 28.4 Å². The van der Waals surface area contributed by atoms with Gasteiger partial charge in [-0.2, -0.15) is 0 Å². The number of fused-ring (bicyclic) bond motifs is 1. The number of hydrogen-bond donors (Lipinski definition) is 0. The van der Waals surface area contributed by atoms with Gasteiger partial charge in [0.15, 0.2) is 5.78 Å². The number of Topliss-reactive ketones (excluding diaryl/α,β-unsaturated/α-hetero) is 1. The van der Waals surface area contributed by atoms with Crippen molar-refractivity contribution < 1.29 is 4.79 Å². The summed E-state index contributed by atoms with van der Waals surface area (Å²) in [4.78, 5) is 11.7. The standard InChI is InChI=1S/C12H13BrO/c1-7-6-10-9(8(2)12(7)13)4-3-5-11(10)14/h6H,3-5H2,1-2H3. The number of hydrogen-bond acceptors (Lipinski definition) is 1. The van der Waals surface area contributed by atoms with Crippen molar-refractivity contribution in [3.63, 3.8) is 0 Å². The Labute approximate surface area is 92.6 Å². The van der Waals surface area contributed by atoms with Crippen LogP contribution < -0.4 is 0 Å². The molecule has 0 unspecified atom stereocenters. The van der Waals surface area contributed by atoms with Gasteiger partial charge in [0, 0.05) is 16.5 Å². The lowest BCUT2D eigenvalue weighted by Crippen LogP contribution is -2.13. The summed E-state index contributed by atoms with van der Waals surface area (Å²) in [6, 6.07) is 2.02. The number of carbonyl (C=O) groups is 1. The van der Waals surface area contributed by atoms with Gasteiger partial charge in [0.25, 0.3) is 0 Å². The van der Waals surface area contributed by atoms with E-state index in [1.165, 1.54) is 11.1 Å². The van der Waals surface area contributed by atoms with E-state index in [-0.39, 0.29) is 0 Å². The molecule has 0 spiro atoms. The van der Waals surface area contributed by atoms with Crippen LogP contribution in [0, 0.1) is 13.8 Å². The van der Waals surface area contributed by atoms with Gasteiger partial charge in [-0.25, -0.2) is 0 Å². The van der Waals surface area contributed by atoms with Gasteiger partial charge in [-0.1, -0.05) is 15.9 Å². The zero-order valence-corrected chi connectivity index (χ0v) is 10.1. The molecule has 2 heteroatoms. The molecule has 0 heterocycles. The van der Waals surface area contributed by atoms with Crippen LogP contribution in [-0.4, -0.2) is 5.78 Å². The summed E-state index contributed by atoms with van der Waals surface area (Å²) >= 11 is 3.57. The zero-order valence-electron chi connectivity index (χ0n) is 8.48. The topological polar surface area (TPSA) is 17.1 Å². The first kappa shape index (κ1) is 9.91. The second-order valence-corrected chi connectivity index (χ2v) is 4.73. The van der Waals surface area contributed by atoms with Crippen molar-refractivity contribution in [2.24, 2.45) is 0 Å². The molecular weight excluding hydrogens is 240 g/mol. The molecule has 1 nitrogen and oxygen atoms in total. The second-order valence-electron chi connectivity index (χ2n) is 3.94. The number of aryl methyl sites for hydroxylation is 1. The molecule has 1 aromatic rings. The van der Waals surface area contributed by atoms with E-state index in [1.807, 2.05) is 13.0 Å². The molecule has 0 atom stereocenters. The number of carbonyl (C=O) groups excluding carboxylic acids is 1. The predicted molar refractivity (Wildman–Crippen MR) is 60.9 cm³/mol. The first-order valence-corrected chi connectivity index (χ1v) is 5.72. The van der Waals surface area contributed by atoms with Crippen molar-refractivity contribution in [2.45, 2.75) is 33.1 Å². The van der Waals surface area contributed by atoms with Crippen molar-refractivity contribution in [2.75, 3.05) is 0 Å². The van der Waals surface area contributed by atoms with E-state index in [2.05, 4.69) is 22.9 Å². The molecule has 0 aliphatic heterocycles. The monoisotopic (exact) mass is 252 g/mol. The Balaban J connectivity index is 2.69. The molecule has 0 bridgehead atoms. The lowest BCUT2D eigenvalue weighted by Gasteiger charge is -2.19. The minimum atomic E-state index is 0.310. The highest BCUT2D eigenvalue weighted by atomic mass is 79.9. The van der Waals surface area contributed by atoms with Gasteiger partial charge in [-0.3, -0.25) is 4.79 Å². The summed E-state index contributed by atoms with van der Waals surface area (Å²) in [6.45, 7) is 4.13. The van der Waals surface area contributed by atoms with E-state index >= 15 is 0 Å². The van der Waals surface area contributed by atoms with Gasteiger partial charge in [0.2, 0.25) is 0 Å². The predicted octanol–water partition coefficient (Wildman–Crippen LogP) is 3.58. The van der Waals surface area contributed by atoms with Crippen LogP contribution in [0.1, 0.15) is 39.9 Å². The van der Waals surface area contributed by atoms with Gasteiger partial charge in [0.05, 0.1) is 0 Å². The van der Waals surface area contributed by atoms with Gasteiger partial charge in [0.1, 0.15) is 0 Å². The largest absolute Gasteiger partial charge is 0.294 e. The Morgan fingerprint density at radius 2 is 2.00 bits per heavy atom. The highest BCUT2D eigenvalue weighted by Crippen LogP contribution is 2.31. The van der Waals surface area contributed by atoms with Crippen molar-refractivity contribution in [3.05, 3.63) is 32.8 Å². The molecule has 0 fully saturated rings. The SMILES string of the molecule is Cc1cc2c(c(C)c1Br)CCCC2=O. The fraction of sp³-hybridized carbons (Fsp3) is 0.417. The Morgan fingerprint density at radius 3 is 2.71 bits per heavy atom. The molecule has 1 aliphatic carbocycles. The quantitative estimate of drug-likeness (QED) is 0.690. The summed E-state index contributed by atoms with van der Waals surface area (Å²) in [5.74, 6) is 0.310. The average Bonchev–Trinajstić information content (AvgIpc) is 2.17. The third kappa shape index (κ3) is 1.42. The van der Waals surface area contributed by atoms with Crippen LogP contribution in [0.25, 0.3) is 0 Å². The molecule has 0 saturated heterocycles. The first-order valence-electron chi connectivity index (χ1n) is 4.93. The van der Waals surface area contributed by atoms with E-state index in [0.29, 0.717) is 12.2 Å². The summed E-state index contributed by atoms with van der Waals surface area (Å²) in [5.41, 5.74) is 4.61. The Kier molecular flexibility index (Phi) is 2.48. The van der Waals surface area contributed by atoms with E-state index in [9.17, 15) is 4.79 Å². The minimum Gasteiger partial charge on any atom is -0.294 e. The fourth-order valence-corrected chi connectivity index (χ4v) is 2.48. The molecule has 0 saturated carbocycles. The normalized spacial score (nSPS) is 15.5. The smallest absolute Gasteiger partial charge is 0.163 e. The highest BCUT2D eigenvalue weighted by Gasteiger charge is 2.20. The lowest BCUT2D eigenvalue weighted by atomic mass is 9.86. The van der Waals surface area contributed by atoms with Gasteiger partial charge in [-0.15, -0.1) is 0 Å². The molecule has 0 aromatic heterocycles. The Hall–Kier alpha value is -0.630. The van der Waals surface area contributed by atoms with Crippen LogP contribution in [0.5, 0.6) is 0 Å². The van der Waals surface area contributed by atoms with Gasteiger partial charge < -0.3 is 0 Å². The fourth-order valence-electron chi connectivity index (χ4n) is 2.13. The van der Waals surface area contributed by atoms with Crippen molar-refractivity contribution >= 4 is 21.7 Å². The Bertz CT molecular complexity index is 407. The third-order valence-corrected chi connectivity index (χ3v) is 4.17. The number of ketones is 1. The third-order valence-electron chi connectivity index (χ3n) is 2.95. The molecule has 0 amide bonds. The summed E-state index contributed by atoms with van der Waals surface area (Å²) in [6.07, 6.45) is 2.77. The zero-order chi connectivity index (χ0) is 10.3. The maximum absolute atomic E-state index is 11.7. The van der Waals surface area contributed by atoms with Crippen LogP contribution in [0.2, 0.25) is 0 Å². The van der Waals surface area contributed by atoms with Crippen LogP contribution in [0.4, 0.5) is 0 Å². The Morgan fingerprint density at radius 1 is 1.29 bits per heavy atom. The van der Waals surface area contributed by atoms with Gasteiger partial charge >= 0.3 is 0 Å². The molecule has 0 N–H and O–H groups in total. The van der Waals surface area contributed by atoms with Gasteiger partial charge in [-0.05, 0) is 49.4 Å². The van der Waals surface area contributed by atoms with E-state index < -0.39 is 0 Å². The number of rotatable bonds is 0. The van der Waals surface area contributed by atoms with E-state index in [1.54, 1.807) is 0 Å². The average molecular weight is 253 g/mol. The molecule has 14 heavy (non-hydrogen) atoms. The second kappa shape index (κ2) is 3.50. The van der Waals surface area contributed by atoms with E-state index in [4.69, 9.17) is 0 Å². The number of benzene rings is 1. The maximum atomic E-state index is 11.7. The number of halogens is 1. The molecule has 1 aliphatic rings. The lowest BCUT2D eigenvalue weighted by molar-refractivity contribution is 0.0972. The van der Waals surface area contributed by atoms with Crippen LogP contribution >= 0.6 is 15.9 Å². The summed E-state index contributed by atoms with van der Waals surface area (Å²) < 4.78 is 1.16. The van der Waals surface area contributed by atoms with Crippen molar-refractivity contribution in [1.29, 1.82) is 0 Å². The van der Waals surface area contributed by atoms with Crippen molar-refractivity contribution in [1.82, 2.24) is 0 Å². The summed E-state index contributed by atoms with van der Waals surface area (Å²) in [7, 11) is 0. The molecular formula is C12H13BrO. The first-order chi connectivity index (χ1) is 6.61. The molecule has 1 aromatic carbocycles. The molecule has 0 radical (unpaired) electrons. The summed E-state index contributed by atoms with van der Waals surface area (Å²) in [5, 5.41) is 0. The van der Waals surface area contributed by atoms with Crippen molar-refractivity contribution in [3.8, 4) is 0 Å². The molecule has 2 rings (SSSR count). The minimum absolute atomic E-state index is 0.310. The highest BCUT2D eigenvalue weighted by molar-refractivity contribution is 9.10. The maximum Gasteiger partial charge on any atom is 0.163 e. The molecule has 74 valence electrons. The van der Waals surface area contributed by atoms with Crippen LogP contribution in [0.3, 0.4) is 0 Å².